The number of carboxylic acid groups (broad SMARTS) is 1. The lowest BCUT2D eigenvalue weighted by molar-refractivity contribution is -0.141. The summed E-state index contributed by atoms with van der Waals surface area (Å²) in [7, 11) is 0. The Labute approximate surface area is 84.9 Å². The van der Waals surface area contributed by atoms with Gasteiger partial charge >= 0.3 is 5.97 Å². The molecule has 0 saturated carbocycles. The van der Waals surface area contributed by atoms with E-state index in [-0.39, 0.29) is 12.0 Å². The van der Waals surface area contributed by atoms with E-state index < -0.39 is 5.97 Å². The predicted molar refractivity (Wildman–Crippen MR) is 55.3 cm³/mol. The molecule has 2 atom stereocenters. The fourth-order valence-electron chi connectivity index (χ4n) is 1.10. The normalized spacial score (nSPS) is 15.3. The van der Waals surface area contributed by atoms with Crippen LogP contribution in [0.4, 0.5) is 0 Å². The first kappa shape index (κ1) is 12.8. The Bertz CT molecular complexity index is 150. The lowest BCUT2D eigenvalue weighted by atomic mass is 10.0. The van der Waals surface area contributed by atoms with Crippen molar-refractivity contribution in [3.63, 3.8) is 0 Å². The van der Waals surface area contributed by atoms with E-state index in [1.165, 1.54) is 0 Å². The van der Waals surface area contributed by atoms with E-state index >= 15 is 0 Å². The van der Waals surface area contributed by atoms with Gasteiger partial charge in [0.25, 0.3) is 0 Å². The van der Waals surface area contributed by atoms with Gasteiger partial charge in [-0.15, -0.1) is 0 Å². The molecule has 2 unspecified atom stereocenters. The zero-order valence-corrected chi connectivity index (χ0v) is 9.09. The molecule has 0 fully saturated rings. The van der Waals surface area contributed by atoms with Crippen LogP contribution in [0.15, 0.2) is 0 Å². The molecule has 0 aliphatic heterocycles. The zero-order chi connectivity index (χ0) is 10.3. The number of thiol groups is 1. The molecule has 13 heavy (non-hydrogen) atoms. The van der Waals surface area contributed by atoms with Crippen LogP contribution in [0.1, 0.15) is 26.7 Å². The summed E-state index contributed by atoms with van der Waals surface area (Å²) in [5.74, 6) is -0.710. The van der Waals surface area contributed by atoms with E-state index in [2.05, 4.69) is 12.6 Å². The monoisotopic (exact) mass is 206 g/mol. The van der Waals surface area contributed by atoms with Gasteiger partial charge in [-0.05, 0) is 26.7 Å². The fourth-order valence-corrected chi connectivity index (χ4v) is 1.44. The van der Waals surface area contributed by atoms with Crippen LogP contribution in [0.2, 0.25) is 0 Å². The maximum Gasteiger partial charge on any atom is 0.307 e. The highest BCUT2D eigenvalue weighted by Crippen LogP contribution is 2.12. The average Bonchev–Trinajstić information content (AvgIpc) is 2.05. The van der Waals surface area contributed by atoms with Crippen LogP contribution in [-0.2, 0) is 9.53 Å². The Balaban J connectivity index is 3.65. The van der Waals surface area contributed by atoms with Crippen molar-refractivity contribution in [3.8, 4) is 0 Å². The van der Waals surface area contributed by atoms with Gasteiger partial charge < -0.3 is 9.84 Å². The van der Waals surface area contributed by atoms with Gasteiger partial charge in [0.2, 0.25) is 0 Å². The number of carboxylic acids is 1. The van der Waals surface area contributed by atoms with Gasteiger partial charge in [0.1, 0.15) is 0 Å². The summed E-state index contributed by atoms with van der Waals surface area (Å²) in [6, 6.07) is 0. The van der Waals surface area contributed by atoms with E-state index in [1.807, 2.05) is 13.8 Å². The first-order chi connectivity index (χ1) is 6.11. The molecule has 0 aromatic rings. The minimum atomic E-state index is -0.765. The van der Waals surface area contributed by atoms with Crippen LogP contribution in [-0.4, -0.2) is 29.5 Å². The van der Waals surface area contributed by atoms with Crippen LogP contribution in [0, 0.1) is 5.92 Å². The summed E-state index contributed by atoms with van der Waals surface area (Å²) in [6.45, 7) is 4.57. The molecule has 1 N–H and O–H groups in total. The zero-order valence-electron chi connectivity index (χ0n) is 8.19. The third-order valence-electron chi connectivity index (χ3n) is 1.94. The number of hydrogen-bond donors (Lipinski definition) is 2. The molecule has 78 valence electrons. The van der Waals surface area contributed by atoms with Crippen molar-refractivity contribution in [3.05, 3.63) is 0 Å². The van der Waals surface area contributed by atoms with Crippen molar-refractivity contribution >= 4 is 18.6 Å². The van der Waals surface area contributed by atoms with Crippen molar-refractivity contribution in [2.45, 2.75) is 32.8 Å². The largest absolute Gasteiger partial charge is 0.481 e. The van der Waals surface area contributed by atoms with Gasteiger partial charge in [0.15, 0.2) is 0 Å². The SMILES string of the molecule is CCOC(C)CCC(CS)C(=O)O. The van der Waals surface area contributed by atoms with Crippen molar-refractivity contribution in [2.75, 3.05) is 12.4 Å². The Hall–Kier alpha value is -0.220. The summed E-state index contributed by atoms with van der Waals surface area (Å²) < 4.78 is 5.30. The van der Waals surface area contributed by atoms with Gasteiger partial charge in [-0.3, -0.25) is 4.79 Å². The predicted octanol–water partition coefficient (Wildman–Crippen LogP) is 1.82. The molecular formula is C9H18O3S. The Morgan fingerprint density at radius 2 is 2.15 bits per heavy atom. The van der Waals surface area contributed by atoms with Crippen molar-refractivity contribution in [2.24, 2.45) is 5.92 Å². The van der Waals surface area contributed by atoms with Gasteiger partial charge in [-0.25, -0.2) is 0 Å². The molecule has 0 aliphatic rings. The molecule has 4 heteroatoms. The maximum atomic E-state index is 10.6. The highest BCUT2D eigenvalue weighted by Gasteiger charge is 2.16. The molecule has 0 saturated heterocycles. The molecule has 0 aromatic carbocycles. The Kier molecular flexibility index (Phi) is 7.09. The smallest absolute Gasteiger partial charge is 0.307 e. The fraction of sp³-hybridized carbons (Fsp3) is 0.889. The van der Waals surface area contributed by atoms with Crippen LogP contribution in [0.3, 0.4) is 0 Å². The minimum Gasteiger partial charge on any atom is -0.481 e. The summed E-state index contributed by atoms with van der Waals surface area (Å²) in [5.41, 5.74) is 0. The molecule has 0 heterocycles. The van der Waals surface area contributed by atoms with Gasteiger partial charge in [0.05, 0.1) is 12.0 Å². The van der Waals surface area contributed by atoms with Crippen molar-refractivity contribution < 1.29 is 14.6 Å². The summed E-state index contributed by atoms with van der Waals surface area (Å²) in [6.07, 6.45) is 1.57. The first-order valence-corrected chi connectivity index (χ1v) is 5.20. The molecular weight excluding hydrogens is 188 g/mol. The third-order valence-corrected chi connectivity index (χ3v) is 2.38. The number of carbonyl (C=O) groups is 1. The molecule has 0 spiro atoms. The average molecular weight is 206 g/mol. The topological polar surface area (TPSA) is 46.5 Å². The molecule has 0 aliphatic carbocycles. The number of rotatable bonds is 7. The quantitative estimate of drug-likeness (QED) is 0.625. The lowest BCUT2D eigenvalue weighted by Gasteiger charge is -2.14. The molecule has 3 nitrogen and oxygen atoms in total. The number of ether oxygens (including phenoxy) is 1. The van der Waals surface area contributed by atoms with Crippen LogP contribution in [0.5, 0.6) is 0 Å². The lowest BCUT2D eigenvalue weighted by Crippen LogP contribution is -2.18. The standard InChI is InChI=1S/C9H18O3S/c1-3-12-7(2)4-5-8(6-13)9(10)11/h7-8,13H,3-6H2,1-2H3,(H,10,11). The third kappa shape index (κ3) is 5.93. The number of hydrogen-bond acceptors (Lipinski definition) is 3. The number of aliphatic carboxylic acids is 1. The van der Waals surface area contributed by atoms with Crippen molar-refractivity contribution in [1.29, 1.82) is 0 Å². The van der Waals surface area contributed by atoms with E-state index in [4.69, 9.17) is 9.84 Å². The maximum absolute atomic E-state index is 10.6. The van der Waals surface area contributed by atoms with E-state index in [0.29, 0.717) is 18.8 Å². The van der Waals surface area contributed by atoms with E-state index in [1.54, 1.807) is 0 Å². The minimum absolute atomic E-state index is 0.145. The highest BCUT2D eigenvalue weighted by molar-refractivity contribution is 7.80. The Morgan fingerprint density at radius 1 is 1.54 bits per heavy atom. The summed E-state index contributed by atoms with van der Waals surface area (Å²) >= 11 is 3.99. The van der Waals surface area contributed by atoms with Gasteiger partial charge in [0, 0.05) is 12.4 Å². The molecule has 0 rings (SSSR count). The van der Waals surface area contributed by atoms with Crippen LogP contribution in [0.25, 0.3) is 0 Å². The van der Waals surface area contributed by atoms with Crippen molar-refractivity contribution in [1.82, 2.24) is 0 Å². The first-order valence-electron chi connectivity index (χ1n) is 4.57. The second-order valence-electron chi connectivity index (χ2n) is 3.06. The second kappa shape index (κ2) is 7.21. The second-order valence-corrected chi connectivity index (χ2v) is 3.43. The van der Waals surface area contributed by atoms with Crippen LogP contribution >= 0.6 is 12.6 Å². The van der Waals surface area contributed by atoms with Gasteiger partial charge in [-0.2, -0.15) is 12.6 Å². The molecule has 0 radical (unpaired) electrons. The molecule has 0 aromatic heterocycles. The summed E-state index contributed by atoms with van der Waals surface area (Å²) in [5, 5.41) is 8.73. The van der Waals surface area contributed by atoms with E-state index in [0.717, 1.165) is 6.42 Å². The van der Waals surface area contributed by atoms with Gasteiger partial charge in [-0.1, -0.05) is 0 Å². The molecule has 0 amide bonds. The molecule has 0 bridgehead atoms. The Morgan fingerprint density at radius 3 is 2.54 bits per heavy atom. The van der Waals surface area contributed by atoms with Crippen LogP contribution < -0.4 is 0 Å². The summed E-state index contributed by atoms with van der Waals surface area (Å²) in [4.78, 5) is 10.6. The highest BCUT2D eigenvalue weighted by atomic mass is 32.1. The van der Waals surface area contributed by atoms with E-state index in [9.17, 15) is 4.79 Å².